The van der Waals surface area contributed by atoms with E-state index in [4.69, 9.17) is 0 Å². The van der Waals surface area contributed by atoms with Crippen molar-refractivity contribution in [3.8, 4) is 0 Å². The van der Waals surface area contributed by atoms with Crippen molar-refractivity contribution in [3.05, 3.63) is 23.9 Å². The standard InChI is InChI=1S/C12H20N2/c1-5-10(3)14-8-7-11(6-2)12(9-14)13-4/h6H,3,5,7-9H2,1-2,4H3/b11-6-,13-12?. The Hall–Kier alpha value is -1.05. The van der Waals surface area contributed by atoms with Crippen molar-refractivity contribution in [2.24, 2.45) is 4.99 Å². The van der Waals surface area contributed by atoms with Crippen molar-refractivity contribution in [3.63, 3.8) is 0 Å². The molecule has 0 aromatic heterocycles. The quantitative estimate of drug-likeness (QED) is 0.656. The Morgan fingerprint density at radius 3 is 2.86 bits per heavy atom. The Labute approximate surface area is 87.0 Å². The molecule has 1 saturated heterocycles. The zero-order valence-electron chi connectivity index (χ0n) is 9.51. The fourth-order valence-corrected chi connectivity index (χ4v) is 1.78. The zero-order chi connectivity index (χ0) is 10.6. The Kier molecular flexibility index (Phi) is 3.93. The molecule has 1 aliphatic rings. The van der Waals surface area contributed by atoms with E-state index in [1.165, 1.54) is 17.0 Å². The first-order valence-electron chi connectivity index (χ1n) is 5.26. The molecule has 0 radical (unpaired) electrons. The first-order chi connectivity index (χ1) is 6.72. The van der Waals surface area contributed by atoms with Crippen LogP contribution in [-0.4, -0.2) is 30.7 Å². The number of allylic oxidation sites excluding steroid dienone is 2. The monoisotopic (exact) mass is 192 g/mol. The summed E-state index contributed by atoms with van der Waals surface area (Å²) in [4.78, 5) is 6.66. The van der Waals surface area contributed by atoms with E-state index in [-0.39, 0.29) is 0 Å². The van der Waals surface area contributed by atoms with Crippen LogP contribution in [0.1, 0.15) is 26.7 Å². The highest BCUT2D eigenvalue weighted by molar-refractivity contribution is 6.02. The van der Waals surface area contributed by atoms with Crippen molar-refractivity contribution in [2.45, 2.75) is 26.7 Å². The highest BCUT2D eigenvalue weighted by Crippen LogP contribution is 2.18. The molecule has 0 atom stereocenters. The van der Waals surface area contributed by atoms with Gasteiger partial charge in [-0.15, -0.1) is 0 Å². The summed E-state index contributed by atoms with van der Waals surface area (Å²) < 4.78 is 0. The van der Waals surface area contributed by atoms with Crippen molar-refractivity contribution >= 4 is 5.71 Å². The van der Waals surface area contributed by atoms with Gasteiger partial charge in [0.1, 0.15) is 0 Å². The van der Waals surface area contributed by atoms with Gasteiger partial charge in [0.05, 0.1) is 12.3 Å². The van der Waals surface area contributed by atoms with Crippen LogP contribution in [0.5, 0.6) is 0 Å². The van der Waals surface area contributed by atoms with E-state index in [9.17, 15) is 0 Å². The third-order valence-corrected chi connectivity index (χ3v) is 2.84. The van der Waals surface area contributed by atoms with Gasteiger partial charge in [-0.25, -0.2) is 0 Å². The van der Waals surface area contributed by atoms with Gasteiger partial charge in [-0.3, -0.25) is 4.99 Å². The minimum Gasteiger partial charge on any atom is -0.369 e. The number of aliphatic imine (C=N–C) groups is 1. The molecule has 1 rings (SSSR count). The molecular weight excluding hydrogens is 172 g/mol. The van der Waals surface area contributed by atoms with Gasteiger partial charge in [-0.05, 0) is 25.3 Å². The second-order valence-corrected chi connectivity index (χ2v) is 3.58. The number of piperidine rings is 1. The Morgan fingerprint density at radius 2 is 2.36 bits per heavy atom. The average molecular weight is 192 g/mol. The molecule has 0 spiro atoms. The largest absolute Gasteiger partial charge is 0.369 e. The topological polar surface area (TPSA) is 15.6 Å². The summed E-state index contributed by atoms with van der Waals surface area (Å²) in [6.07, 6.45) is 4.30. The van der Waals surface area contributed by atoms with Gasteiger partial charge in [-0.1, -0.05) is 19.6 Å². The fourth-order valence-electron chi connectivity index (χ4n) is 1.78. The van der Waals surface area contributed by atoms with Gasteiger partial charge in [0, 0.05) is 19.3 Å². The molecule has 2 heteroatoms. The van der Waals surface area contributed by atoms with E-state index in [1.54, 1.807) is 0 Å². The number of hydrogen-bond donors (Lipinski definition) is 0. The van der Waals surface area contributed by atoms with Gasteiger partial charge in [-0.2, -0.15) is 0 Å². The van der Waals surface area contributed by atoms with Crippen LogP contribution < -0.4 is 0 Å². The van der Waals surface area contributed by atoms with Crippen molar-refractivity contribution in [1.29, 1.82) is 0 Å². The van der Waals surface area contributed by atoms with Gasteiger partial charge >= 0.3 is 0 Å². The second-order valence-electron chi connectivity index (χ2n) is 3.58. The number of nitrogens with zero attached hydrogens (tertiary/aromatic N) is 2. The van der Waals surface area contributed by atoms with E-state index < -0.39 is 0 Å². The third-order valence-electron chi connectivity index (χ3n) is 2.84. The molecule has 0 aromatic rings. The number of hydrogen-bond acceptors (Lipinski definition) is 2. The van der Waals surface area contributed by atoms with Crippen LogP contribution in [0.25, 0.3) is 0 Å². The van der Waals surface area contributed by atoms with Gasteiger partial charge in [0.15, 0.2) is 0 Å². The summed E-state index contributed by atoms with van der Waals surface area (Å²) in [5.74, 6) is 0. The zero-order valence-corrected chi connectivity index (χ0v) is 9.51. The van der Waals surface area contributed by atoms with E-state index in [0.717, 1.165) is 25.9 Å². The summed E-state index contributed by atoms with van der Waals surface area (Å²) >= 11 is 0. The molecule has 0 aliphatic carbocycles. The lowest BCUT2D eigenvalue weighted by atomic mass is 10.0. The molecule has 1 heterocycles. The fraction of sp³-hybridized carbons (Fsp3) is 0.583. The molecule has 0 amide bonds. The van der Waals surface area contributed by atoms with Crippen LogP contribution in [-0.2, 0) is 0 Å². The molecule has 0 unspecified atom stereocenters. The summed E-state index contributed by atoms with van der Waals surface area (Å²) in [5.41, 5.74) is 3.84. The van der Waals surface area contributed by atoms with Crippen LogP contribution in [0, 0.1) is 0 Å². The van der Waals surface area contributed by atoms with Crippen molar-refractivity contribution in [1.82, 2.24) is 4.90 Å². The predicted octanol–water partition coefficient (Wildman–Crippen LogP) is 2.63. The predicted molar refractivity (Wildman–Crippen MR) is 62.7 cm³/mol. The van der Waals surface area contributed by atoms with Crippen molar-refractivity contribution in [2.75, 3.05) is 20.1 Å². The molecule has 2 nitrogen and oxygen atoms in total. The van der Waals surface area contributed by atoms with E-state index >= 15 is 0 Å². The molecule has 78 valence electrons. The van der Waals surface area contributed by atoms with Crippen LogP contribution in [0.3, 0.4) is 0 Å². The molecule has 0 N–H and O–H groups in total. The van der Waals surface area contributed by atoms with Crippen LogP contribution in [0.15, 0.2) is 28.9 Å². The minimum atomic E-state index is 0.933. The minimum absolute atomic E-state index is 0.933. The smallest absolute Gasteiger partial charge is 0.0597 e. The first kappa shape index (κ1) is 11.0. The maximum Gasteiger partial charge on any atom is 0.0597 e. The molecule has 0 bridgehead atoms. The normalized spacial score (nSPS) is 23.2. The average Bonchev–Trinajstić information content (AvgIpc) is 2.26. The summed E-state index contributed by atoms with van der Waals surface area (Å²) in [6.45, 7) is 10.3. The number of rotatable bonds is 2. The van der Waals surface area contributed by atoms with Crippen molar-refractivity contribution < 1.29 is 0 Å². The lowest BCUT2D eigenvalue weighted by Gasteiger charge is -2.32. The van der Waals surface area contributed by atoms with Gasteiger partial charge in [0.25, 0.3) is 0 Å². The lowest BCUT2D eigenvalue weighted by molar-refractivity contribution is 0.373. The van der Waals surface area contributed by atoms with E-state index in [0.29, 0.717) is 0 Å². The summed E-state index contributed by atoms with van der Waals surface area (Å²) in [6, 6.07) is 0. The first-order valence-corrected chi connectivity index (χ1v) is 5.26. The SMILES string of the molecule is C=C(CC)N1CC/C(=C/C)C(=NC)C1. The maximum atomic E-state index is 4.33. The Balaban J connectivity index is 2.72. The highest BCUT2D eigenvalue weighted by Gasteiger charge is 2.18. The van der Waals surface area contributed by atoms with Gasteiger partial charge < -0.3 is 4.90 Å². The molecule has 0 saturated carbocycles. The lowest BCUT2D eigenvalue weighted by Crippen LogP contribution is -2.36. The highest BCUT2D eigenvalue weighted by atomic mass is 15.1. The number of likely N-dealkylation sites (tertiary alicyclic amines) is 1. The van der Waals surface area contributed by atoms with Crippen LogP contribution >= 0.6 is 0 Å². The van der Waals surface area contributed by atoms with E-state index in [1.807, 2.05) is 7.05 Å². The third kappa shape index (κ3) is 2.25. The Bertz CT molecular complexity index is 274. The maximum absolute atomic E-state index is 4.33. The molecule has 1 fully saturated rings. The molecule has 14 heavy (non-hydrogen) atoms. The molecular formula is C12H20N2. The van der Waals surface area contributed by atoms with Crippen LogP contribution in [0.2, 0.25) is 0 Å². The summed E-state index contributed by atoms with van der Waals surface area (Å²) in [5, 5.41) is 0. The molecule has 0 aromatic carbocycles. The van der Waals surface area contributed by atoms with Crippen LogP contribution in [0.4, 0.5) is 0 Å². The molecule has 1 aliphatic heterocycles. The van der Waals surface area contributed by atoms with E-state index in [2.05, 4.69) is 36.4 Å². The summed E-state index contributed by atoms with van der Waals surface area (Å²) in [7, 11) is 1.87. The van der Waals surface area contributed by atoms with Gasteiger partial charge in [0.2, 0.25) is 0 Å². The Morgan fingerprint density at radius 1 is 1.64 bits per heavy atom. The second kappa shape index (κ2) is 4.99.